The van der Waals surface area contributed by atoms with Crippen LogP contribution in [-0.4, -0.2) is 16.5 Å². The Bertz CT molecular complexity index is 277. The molecule has 4 nitrogen and oxygen atoms in total. The maximum Gasteiger partial charge on any atom is 0.213 e. The first-order valence-electron chi connectivity index (χ1n) is 3.42. The smallest absolute Gasteiger partial charge is 0.213 e. The van der Waals surface area contributed by atoms with Crippen LogP contribution in [-0.2, 0) is 10.4 Å². The summed E-state index contributed by atoms with van der Waals surface area (Å²) in [7, 11) is 0. The van der Waals surface area contributed by atoms with E-state index in [4.69, 9.17) is 0 Å². The van der Waals surface area contributed by atoms with Crippen molar-refractivity contribution >= 4 is 22.9 Å². The van der Waals surface area contributed by atoms with E-state index in [-0.39, 0.29) is 0 Å². The molecule has 1 heterocycles. The zero-order valence-corrected chi connectivity index (χ0v) is 7.68. The van der Waals surface area contributed by atoms with E-state index in [9.17, 15) is 9.90 Å². The molecule has 0 saturated heterocycles. The molecular weight excluding hydrogens is 176 g/mol. The van der Waals surface area contributed by atoms with Crippen LogP contribution in [0.15, 0.2) is 5.38 Å². The fourth-order valence-corrected chi connectivity index (χ4v) is 1.50. The number of hydrogen-bond donors (Lipinski definition) is 2. The Morgan fingerprint density at radius 1 is 1.75 bits per heavy atom. The average Bonchev–Trinajstić information content (AvgIpc) is 2.35. The van der Waals surface area contributed by atoms with Crippen molar-refractivity contribution in [3.63, 3.8) is 0 Å². The van der Waals surface area contributed by atoms with Crippen molar-refractivity contribution in [2.24, 2.45) is 0 Å². The minimum atomic E-state index is -0.945. The van der Waals surface area contributed by atoms with E-state index in [0.717, 1.165) is 0 Å². The molecule has 0 spiro atoms. The number of hydrogen-bond acceptors (Lipinski definition) is 4. The minimum absolute atomic E-state index is 0.502. The molecule has 0 fully saturated rings. The molecule has 0 aliphatic rings. The molecule has 0 unspecified atom stereocenters. The first kappa shape index (κ1) is 9.15. The van der Waals surface area contributed by atoms with Crippen LogP contribution in [0.4, 0.5) is 5.13 Å². The Hall–Kier alpha value is -0.940. The van der Waals surface area contributed by atoms with E-state index < -0.39 is 5.60 Å². The quantitative estimate of drug-likeness (QED) is 0.690. The lowest BCUT2D eigenvalue weighted by molar-refractivity contribution is -0.105. The number of anilines is 1. The van der Waals surface area contributed by atoms with Crippen LogP contribution in [0.5, 0.6) is 0 Å². The molecule has 1 rings (SSSR count). The summed E-state index contributed by atoms with van der Waals surface area (Å²) in [4.78, 5) is 14.0. The van der Waals surface area contributed by atoms with Gasteiger partial charge in [-0.25, -0.2) is 4.98 Å². The second kappa shape index (κ2) is 3.20. The third kappa shape index (κ3) is 2.02. The fourth-order valence-electron chi connectivity index (χ4n) is 0.671. The molecule has 1 aromatic heterocycles. The maximum atomic E-state index is 10.0. The highest BCUT2D eigenvalue weighted by atomic mass is 32.1. The molecule has 5 heteroatoms. The van der Waals surface area contributed by atoms with Crippen molar-refractivity contribution in [1.29, 1.82) is 0 Å². The molecule has 12 heavy (non-hydrogen) atoms. The van der Waals surface area contributed by atoms with Crippen molar-refractivity contribution in [1.82, 2.24) is 4.98 Å². The Morgan fingerprint density at radius 2 is 2.42 bits per heavy atom. The SMILES string of the molecule is CC(C)(O)c1csc(NC=O)n1. The average molecular weight is 186 g/mol. The number of thiazole rings is 1. The summed E-state index contributed by atoms with van der Waals surface area (Å²) in [5.74, 6) is 0. The van der Waals surface area contributed by atoms with Gasteiger partial charge in [-0.2, -0.15) is 0 Å². The van der Waals surface area contributed by atoms with Gasteiger partial charge in [0.25, 0.3) is 0 Å². The molecule has 1 aromatic rings. The minimum Gasteiger partial charge on any atom is -0.384 e. The van der Waals surface area contributed by atoms with Crippen LogP contribution in [0.2, 0.25) is 0 Å². The van der Waals surface area contributed by atoms with Gasteiger partial charge in [-0.15, -0.1) is 11.3 Å². The predicted molar refractivity (Wildman–Crippen MR) is 47.0 cm³/mol. The molecule has 0 aliphatic heterocycles. The number of aliphatic hydroxyl groups is 1. The van der Waals surface area contributed by atoms with Gasteiger partial charge in [-0.05, 0) is 13.8 Å². The first-order valence-corrected chi connectivity index (χ1v) is 4.30. The van der Waals surface area contributed by atoms with E-state index in [0.29, 0.717) is 17.2 Å². The Labute approximate surface area is 74.3 Å². The molecule has 0 radical (unpaired) electrons. The van der Waals surface area contributed by atoms with Crippen molar-refractivity contribution < 1.29 is 9.90 Å². The van der Waals surface area contributed by atoms with Gasteiger partial charge in [0, 0.05) is 5.38 Å². The summed E-state index contributed by atoms with van der Waals surface area (Å²) < 4.78 is 0. The number of carbonyl (C=O) groups is 1. The second-order valence-corrected chi connectivity index (χ2v) is 3.72. The van der Waals surface area contributed by atoms with Crippen LogP contribution in [0, 0.1) is 0 Å². The van der Waals surface area contributed by atoms with Crippen molar-refractivity contribution in [2.45, 2.75) is 19.4 Å². The number of carbonyl (C=O) groups excluding carboxylic acids is 1. The number of nitrogens with one attached hydrogen (secondary N) is 1. The lowest BCUT2D eigenvalue weighted by Crippen LogP contribution is -2.15. The van der Waals surface area contributed by atoms with E-state index in [1.165, 1.54) is 11.3 Å². The van der Waals surface area contributed by atoms with Crippen molar-refractivity contribution in [2.75, 3.05) is 5.32 Å². The van der Waals surface area contributed by atoms with Gasteiger partial charge in [0.2, 0.25) is 6.41 Å². The third-order valence-electron chi connectivity index (χ3n) is 1.31. The van der Waals surface area contributed by atoms with Crippen LogP contribution in [0.3, 0.4) is 0 Å². The van der Waals surface area contributed by atoms with E-state index >= 15 is 0 Å². The van der Waals surface area contributed by atoms with E-state index in [1.807, 2.05) is 0 Å². The van der Waals surface area contributed by atoms with Crippen molar-refractivity contribution in [3.05, 3.63) is 11.1 Å². The Kier molecular flexibility index (Phi) is 2.44. The van der Waals surface area contributed by atoms with Gasteiger partial charge in [-0.3, -0.25) is 4.79 Å². The normalized spacial score (nSPS) is 11.2. The summed E-state index contributed by atoms with van der Waals surface area (Å²) in [6, 6.07) is 0. The summed E-state index contributed by atoms with van der Waals surface area (Å²) in [5.41, 5.74) is -0.379. The lowest BCUT2D eigenvalue weighted by atomic mass is 10.1. The summed E-state index contributed by atoms with van der Waals surface area (Å²) >= 11 is 1.29. The van der Waals surface area contributed by atoms with Gasteiger partial charge in [-0.1, -0.05) is 0 Å². The zero-order chi connectivity index (χ0) is 9.19. The maximum absolute atomic E-state index is 10.0. The molecule has 1 amide bonds. The number of nitrogens with zero attached hydrogens (tertiary/aromatic N) is 1. The first-order chi connectivity index (χ1) is 5.54. The van der Waals surface area contributed by atoms with Gasteiger partial charge >= 0.3 is 0 Å². The molecule has 0 aromatic carbocycles. The van der Waals surface area contributed by atoms with Crippen LogP contribution >= 0.6 is 11.3 Å². The molecule has 0 aliphatic carbocycles. The van der Waals surface area contributed by atoms with Crippen LogP contribution in [0.25, 0.3) is 0 Å². The van der Waals surface area contributed by atoms with Gasteiger partial charge in [0.15, 0.2) is 5.13 Å². The fraction of sp³-hybridized carbons (Fsp3) is 0.429. The summed E-state index contributed by atoms with van der Waals surface area (Å²) in [5, 5.41) is 14.1. The van der Waals surface area contributed by atoms with E-state index in [1.54, 1.807) is 19.2 Å². The van der Waals surface area contributed by atoms with Gasteiger partial charge in [0.1, 0.15) is 5.60 Å². The number of rotatable bonds is 3. The zero-order valence-electron chi connectivity index (χ0n) is 6.87. The summed E-state index contributed by atoms with van der Waals surface area (Å²) in [6.07, 6.45) is 0.562. The molecular formula is C7H10N2O2S. The van der Waals surface area contributed by atoms with Gasteiger partial charge in [0.05, 0.1) is 5.69 Å². The second-order valence-electron chi connectivity index (χ2n) is 2.86. The molecule has 66 valence electrons. The Morgan fingerprint density at radius 3 is 2.83 bits per heavy atom. The summed E-state index contributed by atoms with van der Waals surface area (Å²) in [6.45, 7) is 3.29. The monoisotopic (exact) mass is 186 g/mol. The van der Waals surface area contributed by atoms with Crippen LogP contribution in [0.1, 0.15) is 19.5 Å². The highest BCUT2D eigenvalue weighted by molar-refractivity contribution is 7.13. The lowest BCUT2D eigenvalue weighted by Gasteiger charge is -2.12. The highest BCUT2D eigenvalue weighted by Crippen LogP contribution is 2.23. The Balaban J connectivity index is 2.84. The molecule has 0 bridgehead atoms. The number of amides is 1. The number of aromatic nitrogens is 1. The van der Waals surface area contributed by atoms with Crippen LogP contribution < -0.4 is 5.32 Å². The van der Waals surface area contributed by atoms with Gasteiger partial charge < -0.3 is 10.4 Å². The van der Waals surface area contributed by atoms with E-state index in [2.05, 4.69) is 10.3 Å². The predicted octanol–water partition coefficient (Wildman–Crippen LogP) is 0.939. The molecule has 0 saturated carbocycles. The largest absolute Gasteiger partial charge is 0.384 e. The standard InChI is InChI=1S/C7H10N2O2S/c1-7(2,11)5-3-12-6(9-5)8-4-10/h3-4,11H,1-2H3,(H,8,9,10). The molecule has 2 N–H and O–H groups in total. The topological polar surface area (TPSA) is 62.2 Å². The molecule has 0 atom stereocenters. The van der Waals surface area contributed by atoms with Crippen molar-refractivity contribution in [3.8, 4) is 0 Å². The third-order valence-corrected chi connectivity index (χ3v) is 2.09. The highest BCUT2D eigenvalue weighted by Gasteiger charge is 2.19.